The van der Waals surface area contributed by atoms with E-state index in [-0.39, 0.29) is 16.8 Å². The molecule has 146 valence electrons. The highest BCUT2D eigenvalue weighted by Gasteiger charge is 2.32. The molecule has 0 radical (unpaired) electrons. The van der Waals surface area contributed by atoms with Crippen LogP contribution in [0.25, 0.3) is 0 Å². The summed E-state index contributed by atoms with van der Waals surface area (Å²) >= 11 is 1.69. The van der Waals surface area contributed by atoms with Crippen LogP contribution >= 0.6 is 11.3 Å². The Morgan fingerprint density at radius 3 is 2.70 bits per heavy atom. The molecule has 0 saturated carbocycles. The molecular weight excluding hydrogens is 382 g/mol. The van der Waals surface area contributed by atoms with Crippen molar-refractivity contribution in [3.8, 4) is 0 Å². The lowest BCUT2D eigenvalue weighted by Gasteiger charge is -2.29. The Kier molecular flexibility index (Phi) is 6.31. The second kappa shape index (κ2) is 8.52. The molecule has 3 rings (SSSR count). The smallest absolute Gasteiger partial charge is 0.238 e. The number of amides is 1. The number of carbonyl (C=O) groups is 1. The molecule has 0 bridgehead atoms. The van der Waals surface area contributed by atoms with Gasteiger partial charge in [-0.2, -0.15) is 11.3 Å². The van der Waals surface area contributed by atoms with Gasteiger partial charge in [0.15, 0.2) is 0 Å². The van der Waals surface area contributed by atoms with Crippen LogP contribution in [-0.2, 0) is 21.2 Å². The Labute approximate surface area is 164 Å². The average Bonchev–Trinajstić information content (AvgIpc) is 3.31. The van der Waals surface area contributed by atoms with Gasteiger partial charge in [0.2, 0.25) is 15.9 Å². The van der Waals surface area contributed by atoms with E-state index in [0.29, 0.717) is 19.0 Å². The fourth-order valence-corrected chi connectivity index (χ4v) is 4.77. The van der Waals surface area contributed by atoms with E-state index in [2.05, 4.69) is 27.0 Å². The monoisotopic (exact) mass is 407 g/mol. The Hall–Kier alpha value is -1.74. The third-order valence-electron chi connectivity index (χ3n) is 5.06. The maximum Gasteiger partial charge on any atom is 0.238 e. The van der Waals surface area contributed by atoms with E-state index in [1.165, 1.54) is 17.7 Å². The van der Waals surface area contributed by atoms with Crippen LogP contribution in [0.15, 0.2) is 46.0 Å². The van der Waals surface area contributed by atoms with Crippen LogP contribution < -0.4 is 10.5 Å². The first-order chi connectivity index (χ1) is 12.9. The number of nitrogens with zero attached hydrogens (tertiary/aromatic N) is 1. The molecule has 27 heavy (non-hydrogen) atoms. The molecule has 1 aromatic heterocycles. The SMILES string of the molecule is C[C@@H](C(=O)NCCc1ccc(S(N)(=O)=O)cc1)N1CCC[C@H]1c1ccsc1. The van der Waals surface area contributed by atoms with Crippen molar-refractivity contribution in [2.75, 3.05) is 13.1 Å². The zero-order valence-electron chi connectivity index (χ0n) is 15.3. The van der Waals surface area contributed by atoms with Gasteiger partial charge in [-0.15, -0.1) is 0 Å². The van der Waals surface area contributed by atoms with Gasteiger partial charge in [-0.1, -0.05) is 12.1 Å². The normalized spacial score (nSPS) is 19.1. The van der Waals surface area contributed by atoms with Crippen molar-refractivity contribution in [3.63, 3.8) is 0 Å². The van der Waals surface area contributed by atoms with Crippen LogP contribution in [0.2, 0.25) is 0 Å². The van der Waals surface area contributed by atoms with Crippen LogP contribution in [0.5, 0.6) is 0 Å². The van der Waals surface area contributed by atoms with Crippen molar-refractivity contribution in [3.05, 3.63) is 52.2 Å². The third-order valence-corrected chi connectivity index (χ3v) is 6.69. The minimum atomic E-state index is -3.67. The molecule has 1 amide bonds. The number of primary sulfonamides is 1. The van der Waals surface area contributed by atoms with Crippen molar-refractivity contribution in [1.82, 2.24) is 10.2 Å². The maximum atomic E-state index is 12.6. The summed E-state index contributed by atoms with van der Waals surface area (Å²) in [4.78, 5) is 14.9. The minimum Gasteiger partial charge on any atom is -0.354 e. The predicted octanol–water partition coefficient (Wildman–Crippen LogP) is 2.28. The van der Waals surface area contributed by atoms with Gasteiger partial charge in [0.1, 0.15) is 0 Å². The predicted molar refractivity (Wildman–Crippen MR) is 107 cm³/mol. The average molecular weight is 408 g/mol. The Morgan fingerprint density at radius 1 is 1.33 bits per heavy atom. The third kappa shape index (κ3) is 4.95. The Bertz CT molecular complexity index is 864. The number of thiophene rings is 1. The topological polar surface area (TPSA) is 92.5 Å². The van der Waals surface area contributed by atoms with E-state index in [1.807, 2.05) is 6.92 Å². The number of likely N-dealkylation sites (tertiary alicyclic amines) is 1. The summed E-state index contributed by atoms with van der Waals surface area (Å²) in [5.41, 5.74) is 2.25. The summed E-state index contributed by atoms with van der Waals surface area (Å²) in [7, 11) is -3.67. The molecule has 3 N–H and O–H groups in total. The number of hydrogen-bond acceptors (Lipinski definition) is 5. The van der Waals surface area contributed by atoms with E-state index in [9.17, 15) is 13.2 Å². The zero-order chi connectivity index (χ0) is 19.4. The number of hydrogen-bond donors (Lipinski definition) is 2. The van der Waals surface area contributed by atoms with E-state index in [0.717, 1.165) is 24.9 Å². The first-order valence-electron chi connectivity index (χ1n) is 9.03. The van der Waals surface area contributed by atoms with Gasteiger partial charge in [-0.05, 0) is 72.8 Å². The van der Waals surface area contributed by atoms with E-state index >= 15 is 0 Å². The number of benzene rings is 1. The van der Waals surface area contributed by atoms with E-state index < -0.39 is 10.0 Å². The summed E-state index contributed by atoms with van der Waals surface area (Å²) in [5, 5.41) is 12.3. The van der Waals surface area contributed by atoms with Gasteiger partial charge in [0, 0.05) is 12.6 Å². The Balaban J connectivity index is 1.51. The molecule has 1 aromatic carbocycles. The minimum absolute atomic E-state index is 0.0262. The second-order valence-corrected chi connectivity index (χ2v) is 9.20. The highest BCUT2D eigenvalue weighted by molar-refractivity contribution is 7.89. The molecule has 1 fully saturated rings. The first-order valence-corrected chi connectivity index (χ1v) is 11.5. The molecule has 0 aliphatic carbocycles. The summed E-state index contributed by atoms with van der Waals surface area (Å²) in [5.74, 6) is 0.0262. The maximum absolute atomic E-state index is 12.6. The highest BCUT2D eigenvalue weighted by Crippen LogP contribution is 2.34. The fourth-order valence-electron chi connectivity index (χ4n) is 3.55. The quantitative estimate of drug-likeness (QED) is 0.736. The molecule has 1 aliphatic heterocycles. The molecule has 8 heteroatoms. The van der Waals surface area contributed by atoms with E-state index in [1.54, 1.807) is 23.5 Å². The van der Waals surface area contributed by atoms with Crippen LogP contribution in [0.4, 0.5) is 0 Å². The van der Waals surface area contributed by atoms with Gasteiger partial charge in [-0.3, -0.25) is 9.69 Å². The standard InChI is InChI=1S/C19H25N3O3S2/c1-14(22-11-2-3-18(22)16-9-12-26-13-16)19(23)21-10-8-15-4-6-17(7-5-15)27(20,24)25/h4-7,9,12-14,18H,2-3,8,10-11H2,1H3,(H,21,23)(H2,20,24,25)/t14-,18-/m0/s1. The number of carbonyl (C=O) groups excluding carboxylic acids is 1. The van der Waals surface area contributed by atoms with Crippen molar-refractivity contribution in [2.45, 2.75) is 43.2 Å². The van der Waals surface area contributed by atoms with Crippen molar-refractivity contribution < 1.29 is 13.2 Å². The number of nitrogens with two attached hydrogens (primary N) is 1. The van der Waals surface area contributed by atoms with Gasteiger partial charge in [-0.25, -0.2) is 13.6 Å². The molecule has 2 aromatic rings. The summed E-state index contributed by atoms with van der Waals surface area (Å²) in [6.07, 6.45) is 2.83. The van der Waals surface area contributed by atoms with Gasteiger partial charge < -0.3 is 5.32 Å². The molecule has 0 spiro atoms. The summed E-state index contributed by atoms with van der Waals surface area (Å²) in [6.45, 7) is 3.40. The largest absolute Gasteiger partial charge is 0.354 e. The van der Waals surface area contributed by atoms with Crippen LogP contribution in [0.1, 0.15) is 36.9 Å². The molecule has 1 saturated heterocycles. The molecule has 2 atom stereocenters. The number of sulfonamides is 1. The fraction of sp³-hybridized carbons (Fsp3) is 0.421. The molecule has 1 aliphatic rings. The van der Waals surface area contributed by atoms with Gasteiger partial charge in [0.05, 0.1) is 10.9 Å². The number of nitrogens with one attached hydrogen (secondary N) is 1. The lowest BCUT2D eigenvalue weighted by Crippen LogP contribution is -2.45. The molecule has 2 heterocycles. The van der Waals surface area contributed by atoms with Crippen LogP contribution in [0.3, 0.4) is 0 Å². The summed E-state index contributed by atoms with van der Waals surface area (Å²) < 4.78 is 22.6. The zero-order valence-corrected chi connectivity index (χ0v) is 16.9. The number of rotatable bonds is 7. The van der Waals surface area contributed by atoms with Crippen molar-refractivity contribution >= 4 is 27.3 Å². The summed E-state index contributed by atoms with van der Waals surface area (Å²) in [6, 6.07) is 8.72. The lowest BCUT2D eigenvalue weighted by atomic mass is 10.1. The molecule has 6 nitrogen and oxygen atoms in total. The van der Waals surface area contributed by atoms with Crippen LogP contribution in [-0.4, -0.2) is 38.4 Å². The first kappa shape index (κ1) is 20.0. The lowest BCUT2D eigenvalue weighted by molar-refractivity contribution is -0.126. The van der Waals surface area contributed by atoms with Gasteiger partial charge in [0.25, 0.3) is 0 Å². The second-order valence-electron chi connectivity index (χ2n) is 6.86. The molecule has 0 unspecified atom stereocenters. The molecular formula is C19H25N3O3S2. The van der Waals surface area contributed by atoms with Crippen molar-refractivity contribution in [1.29, 1.82) is 0 Å². The highest BCUT2D eigenvalue weighted by atomic mass is 32.2. The van der Waals surface area contributed by atoms with Crippen LogP contribution in [0, 0.1) is 0 Å². The van der Waals surface area contributed by atoms with E-state index in [4.69, 9.17) is 5.14 Å². The Morgan fingerprint density at radius 2 is 2.07 bits per heavy atom. The van der Waals surface area contributed by atoms with Crippen molar-refractivity contribution in [2.24, 2.45) is 5.14 Å². The van der Waals surface area contributed by atoms with Gasteiger partial charge >= 0.3 is 0 Å².